The Morgan fingerprint density at radius 1 is 1.00 bits per heavy atom. The van der Waals surface area contributed by atoms with Crippen LogP contribution in [0.3, 0.4) is 0 Å². The first kappa shape index (κ1) is 20.7. The van der Waals surface area contributed by atoms with Crippen molar-refractivity contribution in [1.82, 2.24) is 34.5 Å². The molecule has 9 nitrogen and oxygen atoms in total. The van der Waals surface area contributed by atoms with Crippen LogP contribution in [0, 0.1) is 0 Å². The molecule has 0 bridgehead atoms. The smallest absolute Gasteiger partial charge is 0.416 e. The SMILES string of the molecule is FC(F)(F)c1ccc(Cn2cc(Cn3cnc4c(NCc5ccco5)ncnc43)nn2)cc1. The maximum Gasteiger partial charge on any atom is 0.416 e. The number of rotatable bonds is 7. The molecule has 0 radical (unpaired) electrons. The van der Waals surface area contributed by atoms with Gasteiger partial charge >= 0.3 is 6.18 Å². The topological polar surface area (TPSA) is 99.5 Å². The molecular weight excluding hydrogens is 437 g/mol. The van der Waals surface area contributed by atoms with Crippen molar-refractivity contribution in [3.8, 4) is 0 Å². The van der Waals surface area contributed by atoms with Crippen molar-refractivity contribution in [3.63, 3.8) is 0 Å². The maximum absolute atomic E-state index is 12.7. The Bertz CT molecular complexity index is 1360. The number of nitrogens with one attached hydrogen (secondary N) is 1. The molecule has 5 aromatic rings. The predicted octanol–water partition coefficient (Wildman–Crippen LogP) is 3.74. The highest BCUT2D eigenvalue weighted by molar-refractivity contribution is 5.82. The minimum atomic E-state index is -4.36. The summed E-state index contributed by atoms with van der Waals surface area (Å²) in [5.41, 5.74) is 1.90. The number of furan rings is 1. The van der Waals surface area contributed by atoms with E-state index in [9.17, 15) is 13.2 Å². The third kappa shape index (κ3) is 4.54. The van der Waals surface area contributed by atoms with Crippen LogP contribution in [0.25, 0.3) is 11.2 Å². The summed E-state index contributed by atoms with van der Waals surface area (Å²) < 4.78 is 46.9. The first-order chi connectivity index (χ1) is 16.0. The van der Waals surface area contributed by atoms with Crippen molar-refractivity contribution in [1.29, 1.82) is 0 Å². The fourth-order valence-electron chi connectivity index (χ4n) is 3.36. The summed E-state index contributed by atoms with van der Waals surface area (Å²) in [6.07, 6.45) is 2.08. The number of hydrogen-bond donors (Lipinski definition) is 1. The minimum absolute atomic E-state index is 0.304. The highest BCUT2D eigenvalue weighted by Gasteiger charge is 2.29. The molecule has 0 amide bonds. The van der Waals surface area contributed by atoms with Crippen molar-refractivity contribution in [2.45, 2.75) is 25.8 Å². The van der Waals surface area contributed by atoms with Gasteiger partial charge in [0.05, 0.1) is 44.0 Å². The average Bonchev–Trinajstić information content (AvgIpc) is 3.55. The van der Waals surface area contributed by atoms with Gasteiger partial charge in [-0.3, -0.25) is 0 Å². The van der Waals surface area contributed by atoms with Crippen LogP contribution in [0.4, 0.5) is 19.0 Å². The van der Waals surface area contributed by atoms with Crippen LogP contribution in [0.5, 0.6) is 0 Å². The Balaban J connectivity index is 1.28. The molecule has 0 spiro atoms. The lowest BCUT2D eigenvalue weighted by atomic mass is 10.1. The Hall–Kier alpha value is -4.22. The van der Waals surface area contributed by atoms with E-state index in [1.807, 2.05) is 16.7 Å². The zero-order valence-electron chi connectivity index (χ0n) is 17.1. The van der Waals surface area contributed by atoms with E-state index in [-0.39, 0.29) is 0 Å². The highest BCUT2D eigenvalue weighted by atomic mass is 19.4. The number of alkyl halides is 3. The second-order valence-electron chi connectivity index (χ2n) is 7.30. The first-order valence-electron chi connectivity index (χ1n) is 9.93. The van der Waals surface area contributed by atoms with Gasteiger partial charge in [-0.25, -0.2) is 19.6 Å². The third-order valence-electron chi connectivity index (χ3n) is 4.96. The van der Waals surface area contributed by atoms with Gasteiger partial charge in [-0.2, -0.15) is 13.2 Å². The van der Waals surface area contributed by atoms with E-state index in [0.29, 0.717) is 47.9 Å². The van der Waals surface area contributed by atoms with E-state index < -0.39 is 11.7 Å². The molecule has 0 aliphatic heterocycles. The van der Waals surface area contributed by atoms with Gasteiger partial charge in [-0.05, 0) is 29.8 Å². The molecule has 5 rings (SSSR count). The van der Waals surface area contributed by atoms with Crippen LogP contribution in [0.1, 0.15) is 22.6 Å². The number of nitrogens with zero attached hydrogens (tertiary/aromatic N) is 7. The van der Waals surface area contributed by atoms with Crippen molar-refractivity contribution in [3.05, 3.63) is 84.1 Å². The van der Waals surface area contributed by atoms with Crippen molar-refractivity contribution >= 4 is 17.0 Å². The molecule has 0 aliphatic carbocycles. The standard InChI is InChI=1S/C21H17F3N8O/c22-21(23,24)15-5-3-14(4-6-15)9-32-11-16(29-30-32)10-31-13-28-18-19(26-12-27-20(18)31)25-8-17-2-1-7-33-17/h1-7,11-13H,8-10H2,(H,25,26,27). The van der Waals surface area contributed by atoms with Gasteiger partial charge in [0.25, 0.3) is 0 Å². The third-order valence-corrected chi connectivity index (χ3v) is 4.96. The molecule has 1 aromatic carbocycles. The van der Waals surface area contributed by atoms with Crippen LogP contribution < -0.4 is 5.32 Å². The quantitative estimate of drug-likeness (QED) is 0.400. The number of imidazole rings is 1. The largest absolute Gasteiger partial charge is 0.467 e. The lowest BCUT2D eigenvalue weighted by molar-refractivity contribution is -0.137. The van der Waals surface area contributed by atoms with Crippen LogP contribution in [-0.4, -0.2) is 34.5 Å². The molecule has 4 aromatic heterocycles. The Kier molecular flexibility index (Phi) is 5.24. The number of benzene rings is 1. The number of hydrogen-bond acceptors (Lipinski definition) is 7. The van der Waals surface area contributed by atoms with Gasteiger partial charge in [-0.1, -0.05) is 17.3 Å². The van der Waals surface area contributed by atoms with Crippen LogP contribution >= 0.6 is 0 Å². The fraction of sp³-hybridized carbons (Fsp3) is 0.190. The maximum atomic E-state index is 12.7. The molecule has 0 unspecified atom stereocenters. The number of fused-ring (bicyclic) bond motifs is 1. The van der Waals surface area contributed by atoms with Crippen molar-refractivity contribution in [2.24, 2.45) is 0 Å². The van der Waals surface area contributed by atoms with E-state index in [1.165, 1.54) is 18.5 Å². The average molecular weight is 454 g/mol. The van der Waals surface area contributed by atoms with E-state index in [0.717, 1.165) is 17.9 Å². The fourth-order valence-corrected chi connectivity index (χ4v) is 3.36. The Labute approximate surface area is 184 Å². The summed E-state index contributed by atoms with van der Waals surface area (Å²) in [5, 5.41) is 11.4. The normalized spacial score (nSPS) is 11.8. The van der Waals surface area contributed by atoms with Gasteiger partial charge in [0, 0.05) is 0 Å². The summed E-state index contributed by atoms with van der Waals surface area (Å²) in [7, 11) is 0. The van der Waals surface area contributed by atoms with E-state index in [4.69, 9.17) is 4.42 Å². The summed E-state index contributed by atoms with van der Waals surface area (Å²) in [5.74, 6) is 1.35. The molecule has 168 valence electrons. The van der Waals surface area contributed by atoms with Gasteiger partial charge in [-0.15, -0.1) is 5.10 Å². The molecule has 12 heteroatoms. The molecular formula is C21H17F3N8O. The molecule has 33 heavy (non-hydrogen) atoms. The van der Waals surface area contributed by atoms with Crippen LogP contribution in [-0.2, 0) is 25.8 Å². The minimum Gasteiger partial charge on any atom is -0.467 e. The molecule has 0 saturated carbocycles. The molecule has 1 N–H and O–H groups in total. The van der Waals surface area contributed by atoms with Crippen molar-refractivity contribution < 1.29 is 17.6 Å². The van der Waals surface area contributed by atoms with E-state index in [2.05, 4.69) is 30.6 Å². The molecule has 0 atom stereocenters. The highest BCUT2D eigenvalue weighted by Crippen LogP contribution is 2.29. The van der Waals surface area contributed by atoms with Gasteiger partial charge in [0.2, 0.25) is 0 Å². The molecule has 0 saturated heterocycles. The van der Waals surface area contributed by atoms with Crippen LogP contribution in [0.15, 0.2) is 65.9 Å². The molecule has 4 heterocycles. The van der Waals surface area contributed by atoms with E-state index in [1.54, 1.807) is 23.5 Å². The molecule has 0 fully saturated rings. The van der Waals surface area contributed by atoms with E-state index >= 15 is 0 Å². The van der Waals surface area contributed by atoms with Crippen LogP contribution in [0.2, 0.25) is 0 Å². The first-order valence-corrected chi connectivity index (χ1v) is 9.93. The second-order valence-corrected chi connectivity index (χ2v) is 7.30. The second kappa shape index (κ2) is 8.37. The zero-order chi connectivity index (χ0) is 22.8. The monoisotopic (exact) mass is 454 g/mol. The molecule has 0 aliphatic rings. The van der Waals surface area contributed by atoms with Gasteiger partial charge in [0.15, 0.2) is 11.5 Å². The lowest BCUT2D eigenvalue weighted by Gasteiger charge is -2.07. The summed E-state index contributed by atoms with van der Waals surface area (Å²) >= 11 is 0. The summed E-state index contributed by atoms with van der Waals surface area (Å²) in [6.45, 7) is 1.14. The zero-order valence-corrected chi connectivity index (χ0v) is 17.1. The number of aromatic nitrogens is 7. The predicted molar refractivity (Wildman–Crippen MR) is 111 cm³/mol. The lowest BCUT2D eigenvalue weighted by Crippen LogP contribution is -2.06. The van der Waals surface area contributed by atoms with Gasteiger partial charge in [0.1, 0.15) is 23.3 Å². The number of anilines is 1. The summed E-state index contributed by atoms with van der Waals surface area (Å²) in [4.78, 5) is 13.0. The van der Waals surface area contributed by atoms with Crippen molar-refractivity contribution in [2.75, 3.05) is 5.32 Å². The Morgan fingerprint density at radius 3 is 2.61 bits per heavy atom. The summed E-state index contributed by atoms with van der Waals surface area (Å²) in [6, 6.07) is 8.65. The Morgan fingerprint density at radius 2 is 1.85 bits per heavy atom. The van der Waals surface area contributed by atoms with Gasteiger partial charge < -0.3 is 14.3 Å². The number of halogens is 3.